The summed E-state index contributed by atoms with van der Waals surface area (Å²) in [6.07, 6.45) is 5.38. The first-order valence-corrected chi connectivity index (χ1v) is 9.25. The molecule has 0 amide bonds. The van der Waals surface area contributed by atoms with E-state index in [1.165, 1.54) is 18.6 Å². The molecule has 0 radical (unpaired) electrons. The zero-order valence-electron chi connectivity index (χ0n) is 12.4. The zero-order chi connectivity index (χ0) is 14.9. The summed E-state index contributed by atoms with van der Waals surface area (Å²) in [5.41, 5.74) is -0.543. The average molecular weight is 327 g/mol. The van der Waals surface area contributed by atoms with Gasteiger partial charge in [-0.05, 0) is 43.1 Å². The van der Waals surface area contributed by atoms with Crippen LogP contribution in [-0.2, 0) is 16.0 Å². The third-order valence-corrected chi connectivity index (χ3v) is 6.12. The lowest BCUT2D eigenvalue weighted by Gasteiger charge is -2.32. The molecule has 2 saturated carbocycles. The Kier molecular flexibility index (Phi) is 4.51. The van der Waals surface area contributed by atoms with Crippen molar-refractivity contribution in [2.75, 3.05) is 12.9 Å². The second kappa shape index (κ2) is 6.22. The highest BCUT2D eigenvalue weighted by atomic mass is 32.2. The Morgan fingerprint density at radius 1 is 1.48 bits per heavy atom. The van der Waals surface area contributed by atoms with Crippen LogP contribution in [0.1, 0.15) is 38.4 Å². The van der Waals surface area contributed by atoms with Crippen molar-refractivity contribution in [3.63, 3.8) is 0 Å². The fourth-order valence-corrected chi connectivity index (χ4v) is 4.48. The standard InChI is InChI=1S/C14H21N3O2S2/c1-3-11-15-13(21-17-11)20-8-14(9-4-5-9,12(18)19-2)16-10-6-7-10/h9-10,16H,3-8H2,1-2H3. The maximum Gasteiger partial charge on any atom is 0.327 e. The Morgan fingerprint density at radius 3 is 2.76 bits per heavy atom. The number of hydrogen-bond acceptors (Lipinski definition) is 7. The van der Waals surface area contributed by atoms with Crippen LogP contribution in [0.2, 0.25) is 0 Å². The Labute approximate surface area is 133 Å². The minimum Gasteiger partial charge on any atom is -0.468 e. The summed E-state index contributed by atoms with van der Waals surface area (Å²) in [4.78, 5) is 16.9. The molecule has 0 aliphatic heterocycles. The number of aryl methyl sites for hydroxylation is 1. The molecule has 3 rings (SSSR count). The Hall–Kier alpha value is -0.660. The molecule has 21 heavy (non-hydrogen) atoms. The summed E-state index contributed by atoms with van der Waals surface area (Å²) in [5.74, 6) is 1.84. The van der Waals surface area contributed by atoms with E-state index < -0.39 is 5.54 Å². The first-order chi connectivity index (χ1) is 10.2. The lowest BCUT2D eigenvalue weighted by molar-refractivity contribution is -0.148. The molecule has 1 aromatic rings. The predicted molar refractivity (Wildman–Crippen MR) is 83.6 cm³/mol. The van der Waals surface area contributed by atoms with Crippen molar-refractivity contribution in [1.29, 1.82) is 0 Å². The van der Waals surface area contributed by atoms with Gasteiger partial charge in [0.05, 0.1) is 7.11 Å². The highest BCUT2D eigenvalue weighted by molar-refractivity contribution is 8.01. The quantitative estimate of drug-likeness (QED) is 0.584. The summed E-state index contributed by atoms with van der Waals surface area (Å²) < 4.78 is 10.4. The number of carbonyl (C=O) groups excluding carboxylic acids is 1. The zero-order valence-corrected chi connectivity index (χ0v) is 14.1. The van der Waals surface area contributed by atoms with Crippen molar-refractivity contribution in [2.45, 2.75) is 54.9 Å². The topological polar surface area (TPSA) is 64.1 Å². The number of hydrogen-bond donors (Lipinski definition) is 1. The van der Waals surface area contributed by atoms with Gasteiger partial charge in [0.25, 0.3) is 0 Å². The number of aromatic nitrogens is 2. The van der Waals surface area contributed by atoms with Gasteiger partial charge in [0, 0.05) is 18.2 Å². The molecule has 0 bridgehead atoms. The molecule has 1 atom stereocenters. The van der Waals surface area contributed by atoms with Crippen LogP contribution in [0.4, 0.5) is 0 Å². The molecule has 0 aromatic carbocycles. The van der Waals surface area contributed by atoms with Crippen molar-refractivity contribution in [3.05, 3.63) is 5.82 Å². The molecule has 1 unspecified atom stereocenters. The van der Waals surface area contributed by atoms with Crippen LogP contribution in [0.15, 0.2) is 4.34 Å². The molecule has 116 valence electrons. The maximum absolute atomic E-state index is 12.4. The number of carbonyl (C=O) groups is 1. The molecule has 1 N–H and O–H groups in total. The van der Waals surface area contributed by atoms with Crippen LogP contribution in [0, 0.1) is 5.92 Å². The lowest BCUT2D eigenvalue weighted by Crippen LogP contribution is -2.57. The van der Waals surface area contributed by atoms with Crippen LogP contribution in [0.5, 0.6) is 0 Å². The first kappa shape index (κ1) is 15.2. The molecule has 5 nitrogen and oxygen atoms in total. The van der Waals surface area contributed by atoms with E-state index in [1.54, 1.807) is 11.8 Å². The highest BCUT2D eigenvalue weighted by Gasteiger charge is 2.53. The lowest BCUT2D eigenvalue weighted by atomic mass is 9.95. The van der Waals surface area contributed by atoms with Gasteiger partial charge in [-0.2, -0.15) is 4.37 Å². The second-order valence-corrected chi connectivity index (χ2v) is 7.75. The maximum atomic E-state index is 12.4. The molecule has 0 saturated heterocycles. The number of ether oxygens (including phenoxy) is 1. The Bertz CT molecular complexity index is 514. The van der Waals surface area contributed by atoms with Crippen LogP contribution in [0.3, 0.4) is 0 Å². The van der Waals surface area contributed by atoms with E-state index >= 15 is 0 Å². The average Bonchev–Trinajstić information content (AvgIpc) is 3.42. The Balaban J connectivity index is 1.72. The van der Waals surface area contributed by atoms with Crippen molar-refractivity contribution in [2.24, 2.45) is 5.92 Å². The first-order valence-electron chi connectivity index (χ1n) is 7.49. The van der Waals surface area contributed by atoms with E-state index in [0.29, 0.717) is 17.7 Å². The van der Waals surface area contributed by atoms with Crippen molar-refractivity contribution < 1.29 is 9.53 Å². The Morgan fingerprint density at radius 2 is 2.24 bits per heavy atom. The van der Waals surface area contributed by atoms with Gasteiger partial charge in [0.1, 0.15) is 11.4 Å². The molecule has 2 fully saturated rings. The summed E-state index contributed by atoms with van der Waals surface area (Å²) >= 11 is 3.05. The predicted octanol–water partition coefficient (Wildman–Crippen LogP) is 2.27. The molecule has 7 heteroatoms. The fourth-order valence-electron chi connectivity index (χ4n) is 2.53. The molecular formula is C14H21N3O2S2. The number of nitrogens with zero attached hydrogens (tertiary/aromatic N) is 2. The van der Waals surface area contributed by atoms with Crippen LogP contribution < -0.4 is 5.32 Å². The third-order valence-electron chi connectivity index (χ3n) is 4.05. The van der Waals surface area contributed by atoms with Gasteiger partial charge in [-0.3, -0.25) is 10.1 Å². The molecule has 1 aromatic heterocycles. The molecule has 1 heterocycles. The number of nitrogens with one attached hydrogen (secondary N) is 1. The fraction of sp³-hybridized carbons (Fsp3) is 0.786. The third kappa shape index (κ3) is 3.40. The largest absolute Gasteiger partial charge is 0.468 e. The van der Waals surface area contributed by atoms with Gasteiger partial charge in [-0.1, -0.05) is 18.7 Å². The number of rotatable bonds is 8. The summed E-state index contributed by atoms with van der Waals surface area (Å²) in [6, 6.07) is 0.478. The highest BCUT2D eigenvalue weighted by Crippen LogP contribution is 2.44. The molecular weight excluding hydrogens is 306 g/mol. The van der Waals surface area contributed by atoms with Crippen molar-refractivity contribution in [3.8, 4) is 0 Å². The number of methoxy groups -OCH3 is 1. The van der Waals surface area contributed by atoms with Gasteiger partial charge in [0.15, 0.2) is 4.34 Å². The monoisotopic (exact) mass is 327 g/mol. The van der Waals surface area contributed by atoms with Crippen LogP contribution >= 0.6 is 23.3 Å². The summed E-state index contributed by atoms with van der Waals surface area (Å²) in [6.45, 7) is 2.05. The van der Waals surface area contributed by atoms with Gasteiger partial charge in [-0.25, -0.2) is 4.98 Å². The number of thioether (sulfide) groups is 1. The van der Waals surface area contributed by atoms with Crippen molar-refractivity contribution in [1.82, 2.24) is 14.7 Å². The van der Waals surface area contributed by atoms with E-state index in [0.717, 1.165) is 42.3 Å². The van der Waals surface area contributed by atoms with Gasteiger partial charge in [0.2, 0.25) is 0 Å². The van der Waals surface area contributed by atoms with Crippen molar-refractivity contribution >= 4 is 29.3 Å². The van der Waals surface area contributed by atoms with E-state index in [1.807, 2.05) is 6.92 Å². The van der Waals surface area contributed by atoms with E-state index in [9.17, 15) is 4.79 Å². The number of esters is 1. The second-order valence-electron chi connectivity index (χ2n) is 5.77. The smallest absolute Gasteiger partial charge is 0.327 e. The van der Waals surface area contributed by atoms with Gasteiger partial charge in [-0.15, -0.1) is 0 Å². The van der Waals surface area contributed by atoms with Gasteiger partial charge >= 0.3 is 5.97 Å². The normalized spacial score (nSPS) is 21.0. The van der Waals surface area contributed by atoms with E-state index in [2.05, 4.69) is 14.7 Å². The summed E-state index contributed by atoms with van der Waals surface area (Å²) in [5, 5.41) is 3.57. The molecule has 0 spiro atoms. The van der Waals surface area contributed by atoms with E-state index in [4.69, 9.17) is 4.74 Å². The van der Waals surface area contributed by atoms with Crippen LogP contribution in [-0.4, -0.2) is 39.8 Å². The SMILES string of the molecule is CCc1nsc(SCC(NC2CC2)(C(=O)OC)C2CC2)n1. The van der Waals surface area contributed by atoms with Gasteiger partial charge < -0.3 is 4.74 Å². The minimum absolute atomic E-state index is 0.121. The molecule has 2 aliphatic rings. The molecule has 2 aliphatic carbocycles. The minimum atomic E-state index is -0.543. The van der Waals surface area contributed by atoms with E-state index in [-0.39, 0.29) is 5.97 Å². The van der Waals surface area contributed by atoms with Crippen LogP contribution in [0.25, 0.3) is 0 Å². The summed E-state index contributed by atoms with van der Waals surface area (Å²) in [7, 11) is 1.48.